The summed E-state index contributed by atoms with van der Waals surface area (Å²) >= 11 is 0. The van der Waals surface area contributed by atoms with Crippen LogP contribution in [0.25, 0.3) is 22.5 Å². The van der Waals surface area contributed by atoms with Crippen molar-refractivity contribution in [1.82, 2.24) is 35.4 Å². The maximum Gasteiger partial charge on any atom is 0.335 e. The first-order valence-corrected chi connectivity index (χ1v) is 12.3. The highest BCUT2D eigenvalue weighted by Crippen LogP contribution is 2.32. The minimum absolute atomic E-state index is 0.418. The summed E-state index contributed by atoms with van der Waals surface area (Å²) in [4.78, 5) is 4.78. The highest BCUT2D eigenvalue weighted by molar-refractivity contribution is 5.80. The van der Waals surface area contributed by atoms with Crippen molar-refractivity contribution in [2.45, 2.75) is 64.3 Å². The quantitative estimate of drug-likeness (QED) is 0.338. The molecular formula is C26H31N7O. The van der Waals surface area contributed by atoms with E-state index in [9.17, 15) is 0 Å². The van der Waals surface area contributed by atoms with Crippen molar-refractivity contribution in [2.75, 3.05) is 6.61 Å². The third kappa shape index (κ3) is 5.00. The first kappa shape index (κ1) is 22.3. The van der Waals surface area contributed by atoms with E-state index in [4.69, 9.17) is 14.8 Å². The summed E-state index contributed by atoms with van der Waals surface area (Å²) in [5.41, 5.74) is 4.39. The Balaban J connectivity index is 1.38. The smallest absolute Gasteiger partial charge is 0.335 e. The van der Waals surface area contributed by atoms with Gasteiger partial charge in [-0.1, -0.05) is 81.1 Å². The lowest BCUT2D eigenvalue weighted by Crippen LogP contribution is -2.17. The Morgan fingerprint density at radius 1 is 1.00 bits per heavy atom. The maximum atomic E-state index is 5.86. The van der Waals surface area contributed by atoms with Gasteiger partial charge >= 0.3 is 6.01 Å². The molecule has 0 amide bonds. The van der Waals surface area contributed by atoms with Crippen LogP contribution in [0.1, 0.15) is 69.3 Å². The molecule has 1 saturated carbocycles. The number of hydrogen-bond acceptors (Lipinski definition) is 6. The van der Waals surface area contributed by atoms with Gasteiger partial charge in [-0.3, -0.25) is 0 Å². The molecule has 1 aliphatic carbocycles. The summed E-state index contributed by atoms with van der Waals surface area (Å²) in [6.45, 7) is 2.83. The van der Waals surface area contributed by atoms with Gasteiger partial charge in [0.15, 0.2) is 5.82 Å². The van der Waals surface area contributed by atoms with E-state index in [0.29, 0.717) is 24.5 Å². The van der Waals surface area contributed by atoms with E-state index in [0.717, 1.165) is 54.6 Å². The van der Waals surface area contributed by atoms with Gasteiger partial charge in [0.05, 0.1) is 12.6 Å². The average molecular weight is 458 g/mol. The molecule has 0 atom stereocenters. The van der Waals surface area contributed by atoms with Crippen LogP contribution >= 0.6 is 0 Å². The molecule has 1 aliphatic rings. The van der Waals surface area contributed by atoms with E-state index in [1.54, 1.807) is 0 Å². The number of nitrogens with one attached hydrogen (secondary N) is 1. The summed E-state index contributed by atoms with van der Waals surface area (Å²) in [5.74, 6) is 1.65. The fourth-order valence-corrected chi connectivity index (χ4v) is 4.64. The van der Waals surface area contributed by atoms with Gasteiger partial charge in [-0.05, 0) is 46.4 Å². The molecule has 0 unspecified atom stereocenters. The Bertz CT molecular complexity index is 1180. The fraction of sp³-hybridized carbons (Fsp3) is 0.423. The zero-order valence-electron chi connectivity index (χ0n) is 19.7. The first-order valence-electron chi connectivity index (χ1n) is 12.3. The maximum absolute atomic E-state index is 5.86. The molecule has 0 spiro atoms. The predicted molar refractivity (Wildman–Crippen MR) is 130 cm³/mol. The summed E-state index contributed by atoms with van der Waals surface area (Å²) in [6.07, 6.45) is 8.99. The standard InChI is InChI=1S/C26H31N7O/c1-2-3-17-34-26-27-24(33(30-26)21-9-5-4-6-10-21)18-19-13-15-20(16-14-19)22-11-7-8-12-23(22)25-28-31-32-29-25/h7-8,11-16,21H,2-6,9-10,17-18H2,1H3,(H,28,29,31,32). The Morgan fingerprint density at radius 3 is 2.53 bits per heavy atom. The van der Waals surface area contributed by atoms with Crippen molar-refractivity contribution >= 4 is 0 Å². The van der Waals surface area contributed by atoms with Crippen molar-refractivity contribution in [1.29, 1.82) is 0 Å². The predicted octanol–water partition coefficient (Wildman–Crippen LogP) is 5.40. The number of H-pyrrole nitrogens is 1. The average Bonchev–Trinajstić information content (AvgIpc) is 3.56. The lowest BCUT2D eigenvalue weighted by Gasteiger charge is -2.23. The topological polar surface area (TPSA) is 94.4 Å². The Hall–Kier alpha value is -3.55. The molecule has 34 heavy (non-hydrogen) atoms. The molecule has 0 saturated heterocycles. The molecule has 8 heteroatoms. The lowest BCUT2D eigenvalue weighted by atomic mass is 9.95. The van der Waals surface area contributed by atoms with Crippen LogP contribution in [-0.2, 0) is 6.42 Å². The monoisotopic (exact) mass is 457 g/mol. The minimum atomic E-state index is 0.418. The zero-order chi connectivity index (χ0) is 23.2. The summed E-state index contributed by atoms with van der Waals surface area (Å²) in [7, 11) is 0. The number of ether oxygens (including phenoxy) is 1. The fourth-order valence-electron chi connectivity index (χ4n) is 4.64. The molecule has 0 aliphatic heterocycles. The second kappa shape index (κ2) is 10.6. The normalized spacial score (nSPS) is 14.4. The molecule has 2 aromatic carbocycles. The van der Waals surface area contributed by atoms with Gasteiger partial charge in [0.25, 0.3) is 0 Å². The van der Waals surface area contributed by atoms with Crippen molar-refractivity contribution in [2.24, 2.45) is 0 Å². The van der Waals surface area contributed by atoms with Gasteiger partial charge in [-0.2, -0.15) is 4.98 Å². The first-order chi connectivity index (χ1) is 16.8. The SMILES string of the molecule is CCCCOc1nc(Cc2ccc(-c3ccccc3-c3nnn[nH]3)cc2)n(C2CCCCC2)n1. The zero-order valence-corrected chi connectivity index (χ0v) is 19.7. The Kier molecular flexibility index (Phi) is 6.93. The number of nitrogens with zero attached hydrogens (tertiary/aromatic N) is 6. The van der Waals surface area contributed by atoms with E-state index in [-0.39, 0.29) is 0 Å². The number of tetrazole rings is 1. The van der Waals surface area contributed by atoms with E-state index in [2.05, 4.69) is 62.6 Å². The molecule has 8 nitrogen and oxygen atoms in total. The van der Waals surface area contributed by atoms with Crippen LogP contribution in [-0.4, -0.2) is 42.0 Å². The summed E-state index contributed by atoms with van der Waals surface area (Å²) in [5, 5.41) is 19.2. The second-order valence-electron chi connectivity index (χ2n) is 8.92. The molecule has 1 fully saturated rings. The molecule has 1 N–H and O–H groups in total. The molecule has 2 heterocycles. The van der Waals surface area contributed by atoms with Crippen LogP contribution in [0.2, 0.25) is 0 Å². The molecule has 5 rings (SSSR count). The molecule has 4 aromatic rings. The van der Waals surface area contributed by atoms with E-state index in [1.807, 2.05) is 18.2 Å². The number of benzene rings is 2. The van der Waals surface area contributed by atoms with Crippen molar-refractivity contribution in [3.05, 3.63) is 59.9 Å². The molecule has 0 radical (unpaired) electrons. The number of unbranched alkanes of at least 4 members (excludes halogenated alkanes) is 1. The van der Waals surface area contributed by atoms with Gasteiger partial charge in [0.1, 0.15) is 5.82 Å². The van der Waals surface area contributed by atoms with Crippen LogP contribution < -0.4 is 4.74 Å². The Labute approximate surface area is 199 Å². The van der Waals surface area contributed by atoms with Gasteiger partial charge in [0, 0.05) is 12.0 Å². The van der Waals surface area contributed by atoms with Crippen LogP contribution in [0.5, 0.6) is 6.01 Å². The highest BCUT2D eigenvalue weighted by atomic mass is 16.5. The van der Waals surface area contributed by atoms with Gasteiger partial charge in [-0.25, -0.2) is 9.78 Å². The number of rotatable bonds is 9. The highest BCUT2D eigenvalue weighted by Gasteiger charge is 2.22. The Morgan fingerprint density at radius 2 is 1.79 bits per heavy atom. The van der Waals surface area contributed by atoms with Gasteiger partial charge < -0.3 is 4.74 Å². The van der Waals surface area contributed by atoms with Crippen LogP contribution in [0.15, 0.2) is 48.5 Å². The van der Waals surface area contributed by atoms with E-state index >= 15 is 0 Å². The largest absolute Gasteiger partial charge is 0.462 e. The third-order valence-electron chi connectivity index (χ3n) is 6.49. The van der Waals surface area contributed by atoms with Crippen LogP contribution in [0.3, 0.4) is 0 Å². The van der Waals surface area contributed by atoms with Crippen LogP contribution in [0.4, 0.5) is 0 Å². The second-order valence-corrected chi connectivity index (χ2v) is 8.92. The van der Waals surface area contributed by atoms with Crippen molar-refractivity contribution in [3.63, 3.8) is 0 Å². The molecule has 2 aromatic heterocycles. The lowest BCUT2D eigenvalue weighted by molar-refractivity contribution is 0.273. The number of hydrogen-bond donors (Lipinski definition) is 1. The third-order valence-corrected chi connectivity index (χ3v) is 6.49. The van der Waals surface area contributed by atoms with Crippen LogP contribution in [0, 0.1) is 0 Å². The van der Waals surface area contributed by atoms with E-state index in [1.165, 1.54) is 24.8 Å². The number of aromatic nitrogens is 7. The summed E-state index contributed by atoms with van der Waals surface area (Å²) in [6, 6.07) is 17.7. The summed E-state index contributed by atoms with van der Waals surface area (Å²) < 4.78 is 8.00. The van der Waals surface area contributed by atoms with Gasteiger partial charge in [0.2, 0.25) is 0 Å². The van der Waals surface area contributed by atoms with Crippen molar-refractivity contribution < 1.29 is 4.74 Å². The number of aromatic amines is 1. The molecule has 0 bridgehead atoms. The molecule has 176 valence electrons. The van der Waals surface area contributed by atoms with Gasteiger partial charge in [-0.15, -0.1) is 10.2 Å². The molecular weight excluding hydrogens is 426 g/mol. The minimum Gasteiger partial charge on any atom is -0.462 e. The van der Waals surface area contributed by atoms with Crippen molar-refractivity contribution in [3.8, 4) is 28.5 Å². The van der Waals surface area contributed by atoms with E-state index < -0.39 is 0 Å².